The van der Waals surface area contributed by atoms with Gasteiger partial charge in [0, 0.05) is 12.8 Å². The molecule has 0 fully saturated rings. The Hall–Kier alpha value is -1.81. The molecule has 0 heterocycles. The maximum absolute atomic E-state index is 12.6. The highest BCUT2D eigenvalue weighted by atomic mass is 31.2. The molecular weight excluding hydrogens is 719 g/mol. The Balaban J connectivity index is 4.33. The van der Waals surface area contributed by atoms with Gasteiger partial charge < -0.3 is 24.6 Å². The predicted molar refractivity (Wildman–Crippen MR) is 224 cm³/mol. The molecule has 0 rings (SSSR count). The van der Waals surface area contributed by atoms with Crippen LogP contribution in [0.15, 0.2) is 36.5 Å². The second-order valence-electron chi connectivity index (χ2n) is 14.7. The first-order valence-electron chi connectivity index (χ1n) is 21.9. The normalized spacial score (nSPS) is 14.2. The molecule has 3 N–H and O–H groups in total. The van der Waals surface area contributed by atoms with Crippen molar-refractivity contribution in [2.24, 2.45) is 0 Å². The summed E-state index contributed by atoms with van der Waals surface area (Å²) in [5, 5.41) is 18.3. The van der Waals surface area contributed by atoms with Crippen LogP contribution in [0, 0.1) is 0 Å². The van der Waals surface area contributed by atoms with E-state index in [1.54, 1.807) is 0 Å². The van der Waals surface area contributed by atoms with Crippen molar-refractivity contribution in [1.82, 2.24) is 0 Å². The van der Waals surface area contributed by atoms with Crippen molar-refractivity contribution in [3.63, 3.8) is 0 Å². The minimum Gasteiger partial charge on any atom is -0.462 e. The smallest absolute Gasteiger partial charge is 0.462 e. The van der Waals surface area contributed by atoms with Crippen molar-refractivity contribution in [2.45, 2.75) is 206 Å². The fourth-order valence-corrected chi connectivity index (χ4v) is 6.67. The van der Waals surface area contributed by atoms with Crippen molar-refractivity contribution < 1.29 is 47.8 Å². The van der Waals surface area contributed by atoms with Crippen LogP contribution in [0.2, 0.25) is 0 Å². The predicted octanol–water partition coefficient (Wildman–Crippen LogP) is 11.6. The summed E-state index contributed by atoms with van der Waals surface area (Å²) in [7, 11) is -4.62. The lowest BCUT2D eigenvalue weighted by atomic mass is 10.0. The van der Waals surface area contributed by atoms with E-state index in [9.17, 15) is 24.2 Å². The molecule has 0 spiro atoms. The summed E-state index contributed by atoms with van der Waals surface area (Å²) >= 11 is 0. The van der Waals surface area contributed by atoms with Gasteiger partial charge in [0.05, 0.1) is 19.8 Å². The fourth-order valence-electron chi connectivity index (χ4n) is 5.88. The summed E-state index contributed by atoms with van der Waals surface area (Å²) in [5.74, 6) is -0.964. The average molecular weight is 801 g/mol. The van der Waals surface area contributed by atoms with Crippen LogP contribution in [-0.2, 0) is 32.7 Å². The molecule has 0 aromatic carbocycles. The molecule has 0 saturated heterocycles. The molecule has 0 aliphatic carbocycles. The van der Waals surface area contributed by atoms with Gasteiger partial charge in [-0.3, -0.25) is 18.6 Å². The Morgan fingerprint density at radius 2 is 0.945 bits per heavy atom. The second kappa shape index (κ2) is 40.4. The molecular formula is C44H81O10P. The number of unbranched alkanes of at least 4 members (excludes halogenated alkanes) is 21. The Labute approximate surface area is 335 Å². The maximum Gasteiger partial charge on any atom is 0.472 e. The van der Waals surface area contributed by atoms with Crippen molar-refractivity contribution in [2.75, 3.05) is 26.4 Å². The minimum atomic E-state index is -4.62. The second-order valence-corrected chi connectivity index (χ2v) is 16.2. The van der Waals surface area contributed by atoms with Crippen molar-refractivity contribution in [3.8, 4) is 0 Å². The number of carbonyl (C=O) groups excluding carboxylic acids is 2. The molecule has 1 unspecified atom stereocenters. The van der Waals surface area contributed by atoms with Gasteiger partial charge in [0.15, 0.2) is 6.10 Å². The molecule has 0 aromatic rings. The van der Waals surface area contributed by atoms with Crippen LogP contribution in [0.5, 0.6) is 0 Å². The van der Waals surface area contributed by atoms with E-state index < -0.39 is 51.8 Å². The number of ether oxygens (including phenoxy) is 2. The van der Waals surface area contributed by atoms with E-state index in [0.717, 1.165) is 51.4 Å². The summed E-state index contributed by atoms with van der Waals surface area (Å²) in [5.41, 5.74) is 0. The standard InChI is InChI=1S/C44H81O10P/c1-3-5-7-9-11-13-15-17-19-20-22-24-26-28-30-32-34-36-44(48)54-42(40-53-55(49,50)52-38-41(46)37-45)39-51-43(47)35-33-31-29-27-25-23-21-18-16-14-12-10-8-6-4-2/h12,14,18,21,25,27,41-42,45-46H,3-11,13,15-17,19-20,22-24,26,28-40H2,1-2H3,(H,49,50)/b14-12+,21-18+,27-25+/t41-,42+/m0/s1. The van der Waals surface area contributed by atoms with Gasteiger partial charge in [0.2, 0.25) is 0 Å². The molecule has 0 bridgehead atoms. The number of aliphatic hydroxyl groups excluding tert-OH is 2. The van der Waals surface area contributed by atoms with E-state index in [4.69, 9.17) is 19.1 Å². The van der Waals surface area contributed by atoms with Gasteiger partial charge in [-0.2, -0.15) is 0 Å². The van der Waals surface area contributed by atoms with Gasteiger partial charge in [-0.1, -0.05) is 166 Å². The quantitative estimate of drug-likeness (QED) is 0.0236. The molecule has 3 atom stereocenters. The van der Waals surface area contributed by atoms with Crippen LogP contribution in [0.1, 0.15) is 194 Å². The van der Waals surface area contributed by atoms with Crippen molar-refractivity contribution in [3.05, 3.63) is 36.5 Å². The zero-order chi connectivity index (χ0) is 40.5. The molecule has 0 saturated carbocycles. The molecule has 10 nitrogen and oxygen atoms in total. The zero-order valence-corrected chi connectivity index (χ0v) is 35.8. The first kappa shape index (κ1) is 53.2. The van der Waals surface area contributed by atoms with Gasteiger partial charge >= 0.3 is 19.8 Å². The van der Waals surface area contributed by atoms with E-state index in [1.165, 1.54) is 103 Å². The number of carbonyl (C=O) groups is 2. The first-order valence-corrected chi connectivity index (χ1v) is 23.4. The van der Waals surface area contributed by atoms with E-state index in [2.05, 4.69) is 54.8 Å². The van der Waals surface area contributed by atoms with Crippen molar-refractivity contribution in [1.29, 1.82) is 0 Å². The zero-order valence-electron chi connectivity index (χ0n) is 34.9. The number of allylic oxidation sites excluding steroid dienone is 6. The number of esters is 2. The third-order valence-corrected chi connectivity index (χ3v) is 10.2. The molecule has 0 aromatic heterocycles. The highest BCUT2D eigenvalue weighted by Crippen LogP contribution is 2.43. The van der Waals surface area contributed by atoms with Crippen LogP contribution >= 0.6 is 7.82 Å². The van der Waals surface area contributed by atoms with Gasteiger partial charge in [-0.05, 0) is 51.4 Å². The fraction of sp³-hybridized carbons (Fsp3) is 0.818. The summed E-state index contributed by atoms with van der Waals surface area (Å²) < 4.78 is 32.7. The molecule has 0 aliphatic rings. The molecule has 11 heteroatoms. The number of rotatable bonds is 41. The first-order chi connectivity index (χ1) is 26.7. The number of phosphoric acid groups is 1. The number of phosphoric ester groups is 1. The third-order valence-electron chi connectivity index (χ3n) is 9.30. The van der Waals surface area contributed by atoms with E-state index in [1.807, 2.05) is 0 Å². The third kappa shape index (κ3) is 40.2. The van der Waals surface area contributed by atoms with E-state index in [-0.39, 0.29) is 19.4 Å². The average Bonchev–Trinajstić information content (AvgIpc) is 3.17. The summed E-state index contributed by atoms with van der Waals surface area (Å²) in [4.78, 5) is 35.0. The van der Waals surface area contributed by atoms with Gasteiger partial charge in [-0.25, -0.2) is 4.57 Å². The largest absolute Gasteiger partial charge is 0.472 e. The number of hydrogen-bond donors (Lipinski definition) is 3. The molecule has 0 amide bonds. The Morgan fingerprint density at radius 3 is 1.45 bits per heavy atom. The molecule has 55 heavy (non-hydrogen) atoms. The van der Waals surface area contributed by atoms with Crippen molar-refractivity contribution >= 4 is 19.8 Å². The lowest BCUT2D eigenvalue weighted by molar-refractivity contribution is -0.161. The van der Waals surface area contributed by atoms with Crippen LogP contribution in [-0.4, -0.2) is 65.7 Å². The monoisotopic (exact) mass is 801 g/mol. The van der Waals surface area contributed by atoms with Crippen LogP contribution in [0.3, 0.4) is 0 Å². The summed E-state index contributed by atoms with van der Waals surface area (Å²) in [6.45, 7) is 2.32. The van der Waals surface area contributed by atoms with E-state index in [0.29, 0.717) is 12.8 Å². The number of aliphatic hydroxyl groups is 2. The molecule has 0 radical (unpaired) electrons. The molecule has 0 aliphatic heterocycles. The SMILES string of the molecule is CCCCC/C=C/C/C=C/C/C=C/CCCCC(=O)OC[C@H](COP(=O)(O)OC[C@@H](O)CO)OC(=O)CCCCCCCCCCCCCCCCCCC. The van der Waals surface area contributed by atoms with Crippen LogP contribution < -0.4 is 0 Å². The Bertz CT molecular complexity index is 1010. The summed E-state index contributed by atoms with van der Waals surface area (Å²) in [6.07, 6.45) is 41.1. The lowest BCUT2D eigenvalue weighted by Crippen LogP contribution is -2.29. The molecule has 322 valence electrons. The summed E-state index contributed by atoms with van der Waals surface area (Å²) in [6, 6.07) is 0. The number of hydrogen-bond acceptors (Lipinski definition) is 9. The topological polar surface area (TPSA) is 149 Å². The Morgan fingerprint density at radius 1 is 0.545 bits per heavy atom. The highest BCUT2D eigenvalue weighted by Gasteiger charge is 2.27. The van der Waals surface area contributed by atoms with Gasteiger partial charge in [0.25, 0.3) is 0 Å². The van der Waals surface area contributed by atoms with Gasteiger partial charge in [-0.15, -0.1) is 0 Å². The lowest BCUT2D eigenvalue weighted by Gasteiger charge is -2.20. The highest BCUT2D eigenvalue weighted by molar-refractivity contribution is 7.47. The maximum atomic E-state index is 12.6. The Kier molecular flexibility index (Phi) is 39.1. The van der Waals surface area contributed by atoms with Crippen LogP contribution in [0.25, 0.3) is 0 Å². The minimum absolute atomic E-state index is 0.179. The van der Waals surface area contributed by atoms with Crippen LogP contribution in [0.4, 0.5) is 0 Å². The van der Waals surface area contributed by atoms with Gasteiger partial charge in [0.1, 0.15) is 12.7 Å². The van der Waals surface area contributed by atoms with E-state index >= 15 is 0 Å².